The quantitative estimate of drug-likeness (QED) is 0.164. The first-order valence-corrected chi connectivity index (χ1v) is 18.0. The standard InChI is InChI=1S/C56H34O/c1-3-19-40-35(13-1)15-9-25-42(40)38-29-31-52-50(33-38)51-34-39(30-32-53(51)57-52)43-26-11-17-37-18-12-28-49(54(37)43)56-47-23-7-5-21-45(47)55(46-22-6-8-24-48(46)56)44-27-10-16-36-14-2-4-20-41(36)44/h1-34H/i1D,2D,3D,4D,9D,10D,11D,12D,13D,14D,15D,16D,17D,18D,19D,20D,25D,26D,27D,28D. The van der Waals surface area contributed by atoms with Crippen molar-refractivity contribution in [1.29, 1.82) is 0 Å². The van der Waals surface area contributed by atoms with Gasteiger partial charge in [-0.15, -0.1) is 0 Å². The SMILES string of the molecule is [2H]c1c([2H])c([2H])c2c(-c3ccc4oc5ccc(-c6c([2H])c([2H])c([2H])c7c([2H])c([2H])c([2H])c(-c8c9ccccc9c(-c9c([2H])c([2H])c([2H])c%10c([2H])c([2H])c([2H])c([2H])c9%10)c9ccccc89)c67)cc5c4c3)c([2H])c([2H])c([2H])c2c1[2H]. The molecule has 0 N–H and O–H groups in total. The van der Waals surface area contributed by atoms with Crippen LogP contribution in [-0.2, 0) is 0 Å². The van der Waals surface area contributed by atoms with E-state index in [2.05, 4.69) is 0 Å². The molecule has 0 unspecified atom stereocenters. The van der Waals surface area contributed by atoms with Crippen molar-refractivity contribution in [2.24, 2.45) is 0 Å². The van der Waals surface area contributed by atoms with Gasteiger partial charge >= 0.3 is 0 Å². The highest BCUT2D eigenvalue weighted by molar-refractivity contribution is 6.26. The Morgan fingerprint density at radius 3 is 1.32 bits per heavy atom. The van der Waals surface area contributed by atoms with Gasteiger partial charge < -0.3 is 4.42 Å². The lowest BCUT2D eigenvalue weighted by Crippen LogP contribution is -1.93. The van der Waals surface area contributed by atoms with Gasteiger partial charge in [0.1, 0.15) is 11.2 Å². The zero-order chi connectivity index (χ0) is 54.9. The second-order valence-corrected chi connectivity index (χ2v) is 13.6. The summed E-state index contributed by atoms with van der Waals surface area (Å²) in [6.45, 7) is 0. The van der Waals surface area contributed by atoms with Crippen LogP contribution in [-0.4, -0.2) is 0 Å². The Morgan fingerprint density at radius 2 is 0.737 bits per heavy atom. The van der Waals surface area contributed by atoms with E-state index in [4.69, 9.17) is 23.6 Å². The molecule has 0 saturated carbocycles. The smallest absolute Gasteiger partial charge is 0.135 e. The number of furan rings is 1. The van der Waals surface area contributed by atoms with Crippen molar-refractivity contribution in [3.05, 3.63) is 206 Å². The van der Waals surface area contributed by atoms with Crippen molar-refractivity contribution in [1.82, 2.24) is 0 Å². The Morgan fingerprint density at radius 1 is 0.316 bits per heavy atom. The lowest BCUT2D eigenvalue weighted by Gasteiger charge is -2.20. The highest BCUT2D eigenvalue weighted by Gasteiger charge is 2.21. The van der Waals surface area contributed by atoms with Crippen LogP contribution in [0.1, 0.15) is 27.4 Å². The van der Waals surface area contributed by atoms with E-state index >= 15 is 0 Å². The van der Waals surface area contributed by atoms with Crippen LogP contribution in [0.3, 0.4) is 0 Å². The van der Waals surface area contributed by atoms with Crippen LogP contribution in [0.15, 0.2) is 210 Å². The molecule has 1 nitrogen and oxygen atoms in total. The summed E-state index contributed by atoms with van der Waals surface area (Å²) in [6, 6.07) is 12.7. The molecule has 1 heteroatoms. The molecule has 57 heavy (non-hydrogen) atoms. The molecule has 264 valence electrons. The van der Waals surface area contributed by atoms with Gasteiger partial charge in [-0.05, 0) is 123 Å². The van der Waals surface area contributed by atoms with Crippen LogP contribution in [0.25, 0.3) is 120 Å². The third-order valence-corrected chi connectivity index (χ3v) is 10.6. The first-order valence-electron chi connectivity index (χ1n) is 28.0. The first-order chi connectivity index (χ1) is 36.6. The molecule has 12 rings (SSSR count). The summed E-state index contributed by atoms with van der Waals surface area (Å²) in [5.74, 6) is 0. The van der Waals surface area contributed by atoms with E-state index in [1.54, 1.807) is 84.9 Å². The van der Waals surface area contributed by atoms with Crippen molar-refractivity contribution in [3.8, 4) is 44.5 Å². The second-order valence-electron chi connectivity index (χ2n) is 13.6. The van der Waals surface area contributed by atoms with E-state index < -0.39 is 121 Å². The molecule has 0 atom stereocenters. The van der Waals surface area contributed by atoms with E-state index in [0.717, 1.165) is 0 Å². The lowest BCUT2D eigenvalue weighted by molar-refractivity contribution is 0.669. The number of hydrogen-bond acceptors (Lipinski definition) is 1. The van der Waals surface area contributed by atoms with E-state index in [-0.39, 0.29) is 71.3 Å². The van der Waals surface area contributed by atoms with Gasteiger partial charge in [0.2, 0.25) is 0 Å². The molecule has 0 saturated heterocycles. The third-order valence-electron chi connectivity index (χ3n) is 10.6. The van der Waals surface area contributed by atoms with Gasteiger partial charge in [-0.25, -0.2) is 0 Å². The monoisotopic (exact) mass is 742 g/mol. The van der Waals surface area contributed by atoms with Gasteiger partial charge in [0.25, 0.3) is 0 Å². The van der Waals surface area contributed by atoms with Crippen molar-refractivity contribution in [2.75, 3.05) is 0 Å². The minimum atomic E-state index is -0.612. The van der Waals surface area contributed by atoms with Crippen LogP contribution >= 0.6 is 0 Å². The van der Waals surface area contributed by atoms with E-state index in [1.165, 1.54) is 0 Å². The number of hydrogen-bond donors (Lipinski definition) is 0. The second kappa shape index (κ2) is 12.5. The summed E-state index contributed by atoms with van der Waals surface area (Å²) in [5, 5.41) is 1.47. The van der Waals surface area contributed by atoms with Crippen LogP contribution in [0.2, 0.25) is 0 Å². The third kappa shape index (κ3) is 4.89. The lowest BCUT2D eigenvalue weighted by atomic mass is 9.82. The van der Waals surface area contributed by atoms with Gasteiger partial charge in [-0.2, -0.15) is 0 Å². The molecule has 0 bridgehead atoms. The van der Waals surface area contributed by atoms with E-state index in [0.29, 0.717) is 49.0 Å². The summed E-state index contributed by atoms with van der Waals surface area (Å²) in [4.78, 5) is 0. The Kier molecular flexibility index (Phi) is 3.95. The normalized spacial score (nSPS) is 16.8. The van der Waals surface area contributed by atoms with Gasteiger partial charge in [0.15, 0.2) is 0 Å². The van der Waals surface area contributed by atoms with Crippen molar-refractivity contribution in [2.45, 2.75) is 0 Å². The first kappa shape index (κ1) is 18.0. The summed E-state index contributed by atoms with van der Waals surface area (Å²) in [5.41, 5.74) is 1.77. The predicted octanol–water partition coefficient (Wildman–Crippen LogP) is 16.0. The molecule has 1 aromatic heterocycles. The van der Waals surface area contributed by atoms with E-state index in [9.17, 15) is 8.22 Å². The van der Waals surface area contributed by atoms with Crippen LogP contribution in [0.4, 0.5) is 0 Å². The summed E-state index contributed by atoms with van der Waals surface area (Å²) in [6.07, 6.45) is 0. The zero-order valence-electron chi connectivity index (χ0n) is 49.5. The predicted molar refractivity (Wildman–Crippen MR) is 243 cm³/mol. The molecule has 0 spiro atoms. The molecule has 11 aromatic carbocycles. The molecular weight excluding hydrogens is 689 g/mol. The molecule has 1 heterocycles. The van der Waals surface area contributed by atoms with Gasteiger partial charge in [0, 0.05) is 10.8 Å². The molecule has 0 fully saturated rings. The maximum Gasteiger partial charge on any atom is 0.135 e. The zero-order valence-corrected chi connectivity index (χ0v) is 29.5. The van der Waals surface area contributed by atoms with Crippen molar-refractivity contribution >= 4 is 75.8 Å². The molecule has 0 radical (unpaired) electrons. The average Bonchev–Trinajstić information content (AvgIpc) is 3.83. The number of benzene rings is 11. The maximum absolute atomic E-state index is 9.80. The maximum atomic E-state index is 9.80. The average molecular weight is 743 g/mol. The summed E-state index contributed by atoms with van der Waals surface area (Å²) >= 11 is 0. The highest BCUT2D eigenvalue weighted by Crippen LogP contribution is 2.48. The molecule has 0 aliphatic heterocycles. The Bertz CT molecular complexity index is 4670. The Balaban J connectivity index is 1.20. The Labute approximate surface area is 357 Å². The largest absolute Gasteiger partial charge is 0.456 e. The van der Waals surface area contributed by atoms with Crippen LogP contribution < -0.4 is 0 Å². The molecule has 0 aliphatic rings. The highest BCUT2D eigenvalue weighted by atomic mass is 16.3. The minimum Gasteiger partial charge on any atom is -0.456 e. The molecule has 0 amide bonds. The fourth-order valence-electron chi connectivity index (χ4n) is 8.16. The number of rotatable bonds is 4. The molecular formula is C56H34O. The van der Waals surface area contributed by atoms with Crippen LogP contribution in [0.5, 0.6) is 0 Å². The minimum absolute atomic E-state index is 0.0120. The van der Waals surface area contributed by atoms with Gasteiger partial charge in [0.05, 0.1) is 27.4 Å². The Hall–Kier alpha value is -7.48. The van der Waals surface area contributed by atoms with E-state index in [1.807, 2.05) is 0 Å². The summed E-state index contributed by atoms with van der Waals surface area (Å²) < 4.78 is 186. The molecule has 0 aliphatic carbocycles. The van der Waals surface area contributed by atoms with Crippen molar-refractivity contribution in [3.63, 3.8) is 0 Å². The van der Waals surface area contributed by atoms with Gasteiger partial charge in [-0.3, -0.25) is 0 Å². The fourth-order valence-corrected chi connectivity index (χ4v) is 8.16. The molecule has 12 aromatic rings. The van der Waals surface area contributed by atoms with Crippen LogP contribution in [0, 0.1) is 0 Å². The topological polar surface area (TPSA) is 13.1 Å². The van der Waals surface area contributed by atoms with Gasteiger partial charge in [-0.1, -0.05) is 182 Å². The summed E-state index contributed by atoms with van der Waals surface area (Å²) in [7, 11) is 0. The number of fused-ring (bicyclic) bond motifs is 8. The fraction of sp³-hybridized carbons (Fsp3) is 0. The van der Waals surface area contributed by atoms with Crippen molar-refractivity contribution < 1.29 is 31.8 Å².